The Bertz CT molecular complexity index is 727. The van der Waals surface area contributed by atoms with Gasteiger partial charge in [-0.25, -0.2) is 4.79 Å². The second kappa shape index (κ2) is 6.75. The summed E-state index contributed by atoms with van der Waals surface area (Å²) in [6.07, 6.45) is 0. The van der Waals surface area contributed by atoms with Crippen molar-refractivity contribution in [1.29, 1.82) is 0 Å². The number of H-pyrrole nitrogens is 1. The van der Waals surface area contributed by atoms with E-state index in [-0.39, 0.29) is 24.6 Å². The molecule has 116 valence electrons. The summed E-state index contributed by atoms with van der Waals surface area (Å²) in [7, 11) is 1.53. The fraction of sp³-hybridized carbons (Fsp3) is 0.267. The number of ether oxygens (including phenoxy) is 2. The number of rotatable bonds is 6. The lowest BCUT2D eigenvalue weighted by Gasteiger charge is -2.07. The summed E-state index contributed by atoms with van der Waals surface area (Å²) in [6.45, 7) is 1.68. The van der Waals surface area contributed by atoms with Crippen LogP contribution < -0.4 is 10.3 Å². The molecule has 1 aromatic heterocycles. The number of benzene rings is 1. The van der Waals surface area contributed by atoms with Crippen LogP contribution in [0.1, 0.15) is 27.8 Å². The highest BCUT2D eigenvalue weighted by molar-refractivity contribution is 5.96. The molecule has 2 aromatic rings. The van der Waals surface area contributed by atoms with Crippen molar-refractivity contribution in [2.45, 2.75) is 13.5 Å². The number of methoxy groups -OCH3 is 1. The van der Waals surface area contributed by atoms with E-state index in [0.717, 1.165) is 6.07 Å². The van der Waals surface area contributed by atoms with Crippen LogP contribution in [0.15, 0.2) is 35.1 Å². The zero-order chi connectivity index (χ0) is 16.1. The molecule has 1 N–H and O–H groups in total. The van der Waals surface area contributed by atoms with Gasteiger partial charge in [0.15, 0.2) is 5.78 Å². The molecule has 0 unspecified atom stereocenters. The summed E-state index contributed by atoms with van der Waals surface area (Å²) in [5, 5.41) is 2.42. The second-order valence-corrected chi connectivity index (χ2v) is 4.46. The molecule has 0 saturated carbocycles. The van der Waals surface area contributed by atoms with Gasteiger partial charge in [-0.3, -0.25) is 19.4 Å². The fourth-order valence-corrected chi connectivity index (χ4v) is 1.94. The molecule has 0 aliphatic carbocycles. The maximum atomic E-state index is 12.2. The third-order valence-corrected chi connectivity index (χ3v) is 3.00. The number of nitrogens with zero attached hydrogens (tertiary/aromatic N) is 1. The highest BCUT2D eigenvalue weighted by Crippen LogP contribution is 2.12. The minimum absolute atomic E-state index is 0.0220. The molecule has 1 aromatic carbocycles. The van der Waals surface area contributed by atoms with E-state index in [1.54, 1.807) is 31.2 Å². The van der Waals surface area contributed by atoms with Gasteiger partial charge in [-0.1, -0.05) is 0 Å². The van der Waals surface area contributed by atoms with Crippen LogP contribution in [0.2, 0.25) is 0 Å². The number of nitrogens with one attached hydrogen (secondary N) is 1. The molecule has 22 heavy (non-hydrogen) atoms. The summed E-state index contributed by atoms with van der Waals surface area (Å²) < 4.78 is 11.1. The number of hydrogen-bond acceptors (Lipinski definition) is 5. The summed E-state index contributed by atoms with van der Waals surface area (Å²) in [6, 6.07) is 7.68. The van der Waals surface area contributed by atoms with E-state index < -0.39 is 11.5 Å². The van der Waals surface area contributed by atoms with Gasteiger partial charge in [0.05, 0.1) is 13.7 Å². The second-order valence-electron chi connectivity index (χ2n) is 4.46. The lowest BCUT2D eigenvalue weighted by molar-refractivity contribution is 0.0512. The molecule has 1 heterocycles. The highest BCUT2D eigenvalue weighted by Gasteiger charge is 2.17. The van der Waals surface area contributed by atoms with Gasteiger partial charge in [0.1, 0.15) is 18.0 Å². The van der Waals surface area contributed by atoms with E-state index >= 15 is 0 Å². The number of hydrogen-bond donors (Lipinski definition) is 1. The topological polar surface area (TPSA) is 90.4 Å². The molecule has 0 aliphatic heterocycles. The van der Waals surface area contributed by atoms with Crippen LogP contribution in [0.5, 0.6) is 5.75 Å². The van der Waals surface area contributed by atoms with Crippen molar-refractivity contribution >= 4 is 11.8 Å². The summed E-state index contributed by atoms with van der Waals surface area (Å²) in [4.78, 5) is 35.4. The SMILES string of the molecule is CCOC(=O)c1cc(=O)[nH]n1CC(=O)c1ccc(OC)cc1. The van der Waals surface area contributed by atoms with E-state index in [9.17, 15) is 14.4 Å². The third kappa shape index (κ3) is 3.43. The Balaban J connectivity index is 2.20. The maximum Gasteiger partial charge on any atom is 0.356 e. The van der Waals surface area contributed by atoms with Crippen molar-refractivity contribution in [3.8, 4) is 5.75 Å². The van der Waals surface area contributed by atoms with Crippen LogP contribution in [0.3, 0.4) is 0 Å². The van der Waals surface area contributed by atoms with Crippen LogP contribution in [-0.4, -0.2) is 35.2 Å². The molecule has 7 nitrogen and oxygen atoms in total. The molecule has 0 fully saturated rings. The molecule has 0 bridgehead atoms. The first-order chi connectivity index (χ1) is 10.5. The van der Waals surface area contributed by atoms with Gasteiger partial charge in [0.25, 0.3) is 5.56 Å². The van der Waals surface area contributed by atoms with Crippen molar-refractivity contribution in [3.63, 3.8) is 0 Å². The Morgan fingerprint density at radius 3 is 2.50 bits per heavy atom. The number of carbonyl (C=O) groups is 2. The number of aromatic amines is 1. The molecule has 2 rings (SSSR count). The van der Waals surface area contributed by atoms with Crippen molar-refractivity contribution in [2.24, 2.45) is 0 Å². The average molecular weight is 304 g/mol. The van der Waals surface area contributed by atoms with Crippen LogP contribution in [0.25, 0.3) is 0 Å². The third-order valence-electron chi connectivity index (χ3n) is 3.00. The maximum absolute atomic E-state index is 12.2. The number of carbonyl (C=O) groups excluding carboxylic acids is 2. The van der Waals surface area contributed by atoms with Gasteiger partial charge >= 0.3 is 5.97 Å². The van der Waals surface area contributed by atoms with E-state index in [1.807, 2.05) is 0 Å². The molecule has 0 amide bonds. The minimum atomic E-state index is -0.650. The predicted octanol–water partition coefficient (Wildman–Crippen LogP) is 1.24. The molecular formula is C15H16N2O5. The smallest absolute Gasteiger partial charge is 0.356 e. The van der Waals surface area contributed by atoms with Gasteiger partial charge in [-0.05, 0) is 31.2 Å². The number of Topliss-reactive ketones (excluding diaryl/α,β-unsaturated/α-hetero) is 1. The lowest BCUT2D eigenvalue weighted by Crippen LogP contribution is -2.19. The summed E-state index contributed by atoms with van der Waals surface area (Å²) in [5.74, 6) is -0.262. The van der Waals surface area contributed by atoms with E-state index in [1.165, 1.54) is 11.8 Å². The molecule has 0 saturated heterocycles. The normalized spacial score (nSPS) is 10.3. The molecule has 0 spiro atoms. The van der Waals surface area contributed by atoms with Gasteiger partial charge in [-0.2, -0.15) is 0 Å². The molecule has 0 atom stereocenters. The highest BCUT2D eigenvalue weighted by atomic mass is 16.5. The van der Waals surface area contributed by atoms with Crippen LogP contribution in [0, 0.1) is 0 Å². The van der Waals surface area contributed by atoms with Gasteiger partial charge in [0, 0.05) is 11.6 Å². The Kier molecular flexibility index (Phi) is 4.77. The standard InChI is InChI=1S/C15H16N2O5/c1-3-22-15(20)12-8-14(19)16-17(12)9-13(18)10-4-6-11(21-2)7-5-10/h4-8H,3,9H2,1-2H3,(H,16,19). The Morgan fingerprint density at radius 2 is 1.91 bits per heavy atom. The summed E-state index contributed by atoms with van der Waals surface area (Å²) >= 11 is 0. The molecule has 0 aliphatic rings. The van der Waals surface area contributed by atoms with Crippen molar-refractivity contribution in [2.75, 3.05) is 13.7 Å². The number of aromatic nitrogens is 2. The first-order valence-electron chi connectivity index (χ1n) is 6.69. The van der Waals surface area contributed by atoms with Gasteiger partial charge in [-0.15, -0.1) is 0 Å². The van der Waals surface area contributed by atoms with E-state index in [4.69, 9.17) is 9.47 Å². The zero-order valence-electron chi connectivity index (χ0n) is 12.3. The fourth-order valence-electron chi connectivity index (χ4n) is 1.94. The minimum Gasteiger partial charge on any atom is -0.497 e. The van der Waals surface area contributed by atoms with Crippen molar-refractivity contribution in [3.05, 3.63) is 51.9 Å². The van der Waals surface area contributed by atoms with Crippen LogP contribution in [0.4, 0.5) is 0 Å². The first-order valence-corrected chi connectivity index (χ1v) is 6.69. The molecule has 7 heteroatoms. The molecular weight excluding hydrogens is 288 g/mol. The Hall–Kier alpha value is -2.83. The first kappa shape index (κ1) is 15.6. The zero-order valence-corrected chi connectivity index (χ0v) is 12.3. The number of ketones is 1. The monoisotopic (exact) mass is 304 g/mol. The van der Waals surface area contributed by atoms with E-state index in [0.29, 0.717) is 11.3 Å². The van der Waals surface area contributed by atoms with Crippen molar-refractivity contribution in [1.82, 2.24) is 9.78 Å². The van der Waals surface area contributed by atoms with Gasteiger partial charge < -0.3 is 9.47 Å². The lowest BCUT2D eigenvalue weighted by atomic mass is 10.1. The van der Waals surface area contributed by atoms with Crippen LogP contribution in [-0.2, 0) is 11.3 Å². The Morgan fingerprint density at radius 1 is 1.23 bits per heavy atom. The van der Waals surface area contributed by atoms with Crippen LogP contribution >= 0.6 is 0 Å². The summed E-state index contributed by atoms with van der Waals surface area (Å²) in [5.41, 5.74) is 0.00412. The quantitative estimate of drug-likeness (QED) is 0.640. The Labute approximate surface area is 126 Å². The molecule has 0 radical (unpaired) electrons. The average Bonchev–Trinajstić information content (AvgIpc) is 2.88. The van der Waals surface area contributed by atoms with Gasteiger partial charge in [0.2, 0.25) is 0 Å². The largest absolute Gasteiger partial charge is 0.497 e. The number of esters is 1. The van der Waals surface area contributed by atoms with E-state index in [2.05, 4.69) is 5.10 Å². The predicted molar refractivity (Wildman–Crippen MR) is 78.3 cm³/mol. The van der Waals surface area contributed by atoms with Crippen molar-refractivity contribution < 1.29 is 19.1 Å².